The van der Waals surface area contributed by atoms with Crippen LogP contribution in [0.5, 0.6) is 0 Å². The van der Waals surface area contributed by atoms with E-state index in [0.717, 1.165) is 18.2 Å². The van der Waals surface area contributed by atoms with Crippen LogP contribution in [0.4, 0.5) is 22.7 Å². The van der Waals surface area contributed by atoms with Crippen LogP contribution < -0.4 is 16.4 Å². The monoisotopic (exact) mass is 645 g/mol. The van der Waals surface area contributed by atoms with Gasteiger partial charge >= 0.3 is 29.6 Å². The van der Waals surface area contributed by atoms with Crippen LogP contribution in [-0.4, -0.2) is 73.0 Å². The molecule has 3 aromatic carbocycles. The van der Waals surface area contributed by atoms with Crippen LogP contribution in [0.15, 0.2) is 69.4 Å². The van der Waals surface area contributed by atoms with E-state index in [1.807, 2.05) is 0 Å². The molecule has 0 saturated carbocycles. The van der Waals surface area contributed by atoms with E-state index in [4.69, 9.17) is 5.73 Å². The van der Waals surface area contributed by atoms with Gasteiger partial charge in [0.1, 0.15) is 9.79 Å². The maximum atomic E-state index is 13.4. The Morgan fingerprint density at radius 2 is 1.38 bits per heavy atom. The number of nitrogens with two attached hydrogens (primary N) is 1. The van der Waals surface area contributed by atoms with Crippen molar-refractivity contribution in [3.8, 4) is 0 Å². The molecule has 0 radical (unpaired) electrons. The fraction of sp³-hybridized carbons (Fsp3) is 0. The Morgan fingerprint density at radius 1 is 0.846 bits per heavy atom. The number of amides is 1. The van der Waals surface area contributed by atoms with E-state index in [1.54, 1.807) is 0 Å². The van der Waals surface area contributed by atoms with Gasteiger partial charge in [-0.1, -0.05) is 30.8 Å². The van der Waals surface area contributed by atoms with E-state index in [-0.39, 0.29) is 62.1 Å². The van der Waals surface area contributed by atoms with Crippen LogP contribution in [-0.2, 0) is 25.0 Å². The first-order chi connectivity index (χ1) is 17.6. The summed E-state index contributed by atoms with van der Waals surface area (Å²) in [5, 5.41) is 4.89. The minimum absolute atomic E-state index is 0. The number of hydrogen-bond acceptors (Lipinski definition) is 9. The predicted molar refractivity (Wildman–Crippen MR) is 147 cm³/mol. The molecule has 16 heteroatoms. The third-order valence-corrected chi connectivity index (χ3v) is 7.66. The quantitative estimate of drug-likeness (QED) is 0.0889. The Bertz CT molecular complexity index is 1820. The minimum atomic E-state index is -5.02. The van der Waals surface area contributed by atoms with Crippen molar-refractivity contribution < 1.29 is 40.3 Å². The van der Waals surface area contributed by atoms with Gasteiger partial charge in [0.25, 0.3) is 26.1 Å². The van der Waals surface area contributed by atoms with Crippen LogP contribution in [0, 0.1) is 0 Å². The normalized spacial score (nSPS) is 12.6. The van der Waals surface area contributed by atoms with Crippen LogP contribution in [0.2, 0.25) is 0 Å². The van der Waals surface area contributed by atoms with E-state index >= 15 is 0 Å². The average molecular weight is 646 g/mol. The number of halogens is 1. The number of nitrogen functional groups attached to an aromatic ring is 1. The number of anilines is 4. The van der Waals surface area contributed by atoms with E-state index in [1.165, 1.54) is 30.3 Å². The molecule has 0 fully saturated rings. The summed E-state index contributed by atoms with van der Waals surface area (Å²) in [5.41, 5.74) is 3.45. The molecule has 4 rings (SSSR count). The molecule has 39 heavy (non-hydrogen) atoms. The number of nitrogens with one attached hydrogen (secondary N) is 2. The Kier molecular flexibility index (Phi) is 8.60. The molecule has 198 valence electrons. The molecule has 0 spiro atoms. The van der Waals surface area contributed by atoms with E-state index < -0.39 is 64.4 Å². The third-order valence-electron chi connectivity index (χ3n) is 5.51. The van der Waals surface area contributed by atoms with E-state index in [0.29, 0.717) is 0 Å². The van der Waals surface area contributed by atoms with Gasteiger partial charge in [-0.2, -0.15) is 16.8 Å². The zero-order valence-electron chi connectivity index (χ0n) is 18.8. The number of rotatable bonds is 6. The van der Waals surface area contributed by atoms with Crippen molar-refractivity contribution in [2.45, 2.75) is 9.79 Å². The summed E-state index contributed by atoms with van der Waals surface area (Å²) in [6.07, 6.45) is 0. The first-order valence-electron chi connectivity index (χ1n) is 10.3. The molecule has 0 aliphatic heterocycles. The van der Waals surface area contributed by atoms with Gasteiger partial charge in [-0.05, 0) is 40.2 Å². The molecule has 0 unspecified atom stereocenters. The molecule has 0 atom stereocenters. The van der Waals surface area contributed by atoms with Crippen molar-refractivity contribution >= 4 is 106 Å². The fourth-order valence-corrected chi connectivity index (χ4v) is 5.29. The first kappa shape index (κ1) is 30.6. The second-order valence-electron chi connectivity index (χ2n) is 7.93. The summed E-state index contributed by atoms with van der Waals surface area (Å²) in [5.74, 6) is -2.25. The Morgan fingerprint density at radius 3 is 1.90 bits per heavy atom. The average Bonchev–Trinajstić information content (AvgIpc) is 2.82. The Balaban J connectivity index is 0.00000420. The van der Waals surface area contributed by atoms with Crippen LogP contribution in [0.3, 0.4) is 0 Å². The van der Waals surface area contributed by atoms with E-state index in [9.17, 15) is 40.3 Å². The van der Waals surface area contributed by atoms with Gasteiger partial charge in [-0.15, -0.1) is 0 Å². The van der Waals surface area contributed by atoms with Gasteiger partial charge < -0.3 is 16.4 Å². The zero-order chi connectivity index (χ0) is 28.2. The molecule has 6 N–H and O–H groups in total. The fourth-order valence-electron chi connectivity index (χ4n) is 3.87. The SMILES string of the molecule is C=C(Br)C(=O)Nc1ccc(Nc2cc(S(=O)(=O)O)c(N)c3c2C(=O)c2ccccc2C3=O)c(S(=O)(=O)O)c1.[NaH]. The van der Waals surface area contributed by atoms with Crippen LogP contribution >= 0.6 is 15.9 Å². The van der Waals surface area contributed by atoms with Gasteiger partial charge in [-0.25, -0.2) is 0 Å². The zero-order valence-corrected chi connectivity index (χ0v) is 22.1. The standard InChI is InChI=1S/C23H16BrN3O9S2.Na.H/c1-10(24)23(30)26-11-6-7-14(16(8-11)37(31,32)33)27-15-9-17(38(34,35)36)20(25)19-18(15)21(28)12-4-2-3-5-13(12)22(19)29;;/h2-9,27H,1,25H2,(H,26,30)(H,31,32,33)(H,34,35,36);;. The number of ketones is 2. The van der Waals surface area contributed by atoms with Crippen molar-refractivity contribution in [2.75, 3.05) is 16.4 Å². The second-order valence-corrected chi connectivity index (χ2v) is 11.7. The first-order valence-corrected chi connectivity index (χ1v) is 13.9. The molecule has 3 aromatic rings. The summed E-state index contributed by atoms with van der Waals surface area (Å²) in [6, 6.07) is 9.70. The van der Waals surface area contributed by atoms with Gasteiger partial charge in [0.15, 0.2) is 11.6 Å². The summed E-state index contributed by atoms with van der Waals surface area (Å²) in [7, 11) is -9.99. The Hall–Kier alpha value is -2.89. The van der Waals surface area contributed by atoms with Crippen LogP contribution in [0.1, 0.15) is 31.8 Å². The number of benzene rings is 3. The molecule has 0 heterocycles. The van der Waals surface area contributed by atoms with Crippen LogP contribution in [0.25, 0.3) is 0 Å². The van der Waals surface area contributed by atoms with Crippen molar-refractivity contribution in [3.05, 3.63) is 81.8 Å². The second kappa shape index (κ2) is 10.9. The molecular weight excluding hydrogens is 629 g/mol. The summed E-state index contributed by atoms with van der Waals surface area (Å²) < 4.78 is 68.0. The predicted octanol–water partition coefficient (Wildman–Crippen LogP) is 2.48. The molecule has 0 saturated heterocycles. The molecule has 12 nitrogen and oxygen atoms in total. The van der Waals surface area contributed by atoms with Gasteiger partial charge in [0.2, 0.25) is 0 Å². The maximum absolute atomic E-state index is 13.4. The molecule has 1 aliphatic rings. The molecule has 1 aliphatic carbocycles. The molecular formula is C23H17BrN3NaO9S2. The summed E-state index contributed by atoms with van der Waals surface area (Å²) in [4.78, 5) is 36.9. The summed E-state index contributed by atoms with van der Waals surface area (Å²) >= 11 is 2.87. The third kappa shape index (κ3) is 5.85. The topological polar surface area (TPSA) is 210 Å². The van der Waals surface area contributed by atoms with Crippen molar-refractivity contribution in [3.63, 3.8) is 0 Å². The number of fused-ring (bicyclic) bond motifs is 2. The van der Waals surface area contributed by atoms with Gasteiger partial charge in [0.05, 0.1) is 32.7 Å². The number of hydrogen-bond donors (Lipinski definition) is 5. The van der Waals surface area contributed by atoms with Crippen molar-refractivity contribution in [1.29, 1.82) is 0 Å². The molecule has 0 aromatic heterocycles. The Labute approximate surface area is 252 Å². The molecule has 0 bridgehead atoms. The van der Waals surface area contributed by atoms with Crippen molar-refractivity contribution in [2.24, 2.45) is 0 Å². The van der Waals surface area contributed by atoms with Gasteiger partial charge in [0, 0.05) is 16.8 Å². The number of carbonyl (C=O) groups is 3. The summed E-state index contributed by atoms with van der Waals surface area (Å²) in [6.45, 7) is 3.39. The number of carbonyl (C=O) groups excluding carboxylic acids is 3. The molecule has 1 amide bonds. The van der Waals surface area contributed by atoms with Gasteiger partial charge in [-0.3, -0.25) is 23.5 Å². The van der Waals surface area contributed by atoms with E-state index in [2.05, 4.69) is 33.1 Å². The van der Waals surface area contributed by atoms with Crippen molar-refractivity contribution in [1.82, 2.24) is 0 Å².